The molecule has 0 spiro atoms. The summed E-state index contributed by atoms with van der Waals surface area (Å²) < 4.78 is 21.3. The van der Waals surface area contributed by atoms with Crippen LogP contribution in [0.25, 0.3) is 6.08 Å². The summed E-state index contributed by atoms with van der Waals surface area (Å²) in [4.78, 5) is 5.34. The van der Waals surface area contributed by atoms with Gasteiger partial charge in [-0.2, -0.15) is 8.42 Å². The highest BCUT2D eigenvalue weighted by Gasteiger charge is 2.14. The predicted molar refractivity (Wildman–Crippen MR) is 53.2 cm³/mol. The van der Waals surface area contributed by atoms with Crippen molar-refractivity contribution in [3.8, 4) is 0 Å². The number of allylic oxidation sites excluding steroid dienone is 1. The van der Waals surface area contributed by atoms with E-state index in [1.165, 1.54) is 11.3 Å². The summed E-state index contributed by atoms with van der Waals surface area (Å²) in [5.41, 5.74) is 6.28. The molecule has 68 valence electrons. The first-order chi connectivity index (χ1) is 6.16. The maximum absolute atomic E-state index is 10.6. The summed E-state index contributed by atoms with van der Waals surface area (Å²) in [6.07, 6.45) is 3.65. The quantitative estimate of drug-likeness (QED) is 0.632. The van der Waals surface area contributed by atoms with Gasteiger partial charge in [0.2, 0.25) is 10.3 Å². The largest absolute Gasteiger partial charge is 0.375 e. The van der Waals surface area contributed by atoms with Gasteiger partial charge in [0, 0.05) is 11.3 Å². The first-order valence-electron chi connectivity index (χ1n) is 3.55. The van der Waals surface area contributed by atoms with Gasteiger partial charge in [0.1, 0.15) is 0 Å². The monoisotopic (exact) mass is 214 g/mol. The third kappa shape index (κ3) is 1.50. The van der Waals surface area contributed by atoms with Crippen LogP contribution >= 0.6 is 11.3 Å². The summed E-state index contributed by atoms with van der Waals surface area (Å²) in [6, 6.07) is 0. The molecule has 1 heterocycles. The Labute approximate surface area is 80.3 Å². The van der Waals surface area contributed by atoms with Crippen LogP contribution in [0, 0.1) is 0 Å². The van der Waals surface area contributed by atoms with E-state index in [4.69, 9.17) is 5.73 Å². The van der Waals surface area contributed by atoms with E-state index in [-0.39, 0.29) is 0 Å². The van der Waals surface area contributed by atoms with Crippen LogP contribution in [0.2, 0.25) is 0 Å². The molecule has 0 fully saturated rings. The zero-order valence-corrected chi connectivity index (χ0v) is 8.15. The number of rotatable bonds is 0. The molecule has 6 heteroatoms. The predicted octanol–water partition coefficient (Wildman–Crippen LogP) is 0.346. The third-order valence-corrected chi connectivity index (χ3v) is 3.33. The van der Waals surface area contributed by atoms with Crippen molar-refractivity contribution in [3.05, 3.63) is 16.6 Å². The Morgan fingerprint density at radius 3 is 2.92 bits per heavy atom. The summed E-state index contributed by atoms with van der Waals surface area (Å²) in [5, 5.41) is 0.479. The molecule has 4 nitrogen and oxygen atoms in total. The zero-order valence-electron chi connectivity index (χ0n) is 6.52. The van der Waals surface area contributed by atoms with Gasteiger partial charge in [0.15, 0.2) is 5.13 Å². The van der Waals surface area contributed by atoms with E-state index < -0.39 is 10.3 Å². The number of thiazole rings is 1. The molecule has 0 radical (unpaired) electrons. The van der Waals surface area contributed by atoms with Crippen molar-refractivity contribution >= 4 is 37.7 Å². The Bertz CT molecular complexity index is 503. The molecule has 0 bridgehead atoms. The topological polar surface area (TPSA) is 73.0 Å². The van der Waals surface area contributed by atoms with E-state index in [2.05, 4.69) is 4.98 Å². The van der Waals surface area contributed by atoms with Crippen LogP contribution in [0.5, 0.6) is 0 Å². The zero-order chi connectivity index (χ0) is 9.42. The number of nitrogens with two attached hydrogens (primary N) is 1. The molecule has 2 N–H and O–H groups in total. The minimum atomic E-state index is -2.13. The molecule has 0 unspecified atom stereocenters. The van der Waals surface area contributed by atoms with E-state index in [0.717, 1.165) is 10.6 Å². The summed E-state index contributed by atoms with van der Waals surface area (Å²) in [6.45, 7) is 0. The average Bonchev–Trinajstić information content (AvgIpc) is 2.42. The third-order valence-electron chi connectivity index (χ3n) is 1.72. The molecular weight excluding hydrogens is 208 g/mol. The highest BCUT2D eigenvalue weighted by molar-refractivity contribution is 7.73. The molecule has 1 aromatic rings. The normalized spacial score (nSPS) is 14.3. The molecule has 0 saturated heterocycles. The van der Waals surface area contributed by atoms with E-state index >= 15 is 0 Å². The molecule has 0 saturated carbocycles. The van der Waals surface area contributed by atoms with E-state index in [1.54, 1.807) is 12.2 Å². The van der Waals surface area contributed by atoms with Crippen molar-refractivity contribution in [2.45, 2.75) is 6.42 Å². The molecule has 0 amide bonds. The fraction of sp³-hybridized carbons (Fsp3) is 0.143. The van der Waals surface area contributed by atoms with Crippen molar-refractivity contribution in [2.75, 3.05) is 5.73 Å². The van der Waals surface area contributed by atoms with Crippen LogP contribution in [0.15, 0.2) is 6.08 Å². The second-order valence-electron chi connectivity index (χ2n) is 2.57. The average molecular weight is 214 g/mol. The number of nitrogens with zero attached hydrogens (tertiary/aromatic N) is 1. The van der Waals surface area contributed by atoms with Gasteiger partial charge in [-0.1, -0.05) is 0 Å². The molecule has 0 atom stereocenters. The van der Waals surface area contributed by atoms with Gasteiger partial charge in [0.05, 0.1) is 10.6 Å². The standard InChI is InChI=1S/C7H6N2O2S2/c8-7-9-5-2-1-4(13(10)11)3-6(5)12-7/h1-2H,3H2,(H2,8,9). The van der Waals surface area contributed by atoms with Gasteiger partial charge < -0.3 is 5.73 Å². The molecule has 2 rings (SSSR count). The van der Waals surface area contributed by atoms with Gasteiger partial charge in [-0.25, -0.2) is 4.98 Å². The molecule has 0 aliphatic heterocycles. The fourth-order valence-electron chi connectivity index (χ4n) is 1.14. The Kier molecular flexibility index (Phi) is 1.93. The Balaban J connectivity index is 2.56. The lowest BCUT2D eigenvalue weighted by atomic mass is 10.1. The highest BCUT2D eigenvalue weighted by atomic mass is 32.2. The SMILES string of the molecule is Nc1nc2c(s1)CC(=S(=O)=O)C=C2. The van der Waals surface area contributed by atoms with Crippen molar-refractivity contribution in [1.82, 2.24) is 4.98 Å². The number of nitrogen functional groups attached to an aromatic ring is 1. The molecule has 1 aliphatic rings. The minimum Gasteiger partial charge on any atom is -0.375 e. The van der Waals surface area contributed by atoms with Crippen LogP contribution in [0.1, 0.15) is 10.6 Å². The highest BCUT2D eigenvalue weighted by Crippen LogP contribution is 2.25. The van der Waals surface area contributed by atoms with E-state index in [1.807, 2.05) is 0 Å². The summed E-state index contributed by atoms with van der Waals surface area (Å²) in [5.74, 6) is 0. The molecule has 0 aromatic carbocycles. The van der Waals surface area contributed by atoms with Gasteiger partial charge in [-0.15, -0.1) is 11.3 Å². The molecule has 1 aliphatic carbocycles. The summed E-state index contributed by atoms with van der Waals surface area (Å²) >= 11 is 1.33. The maximum atomic E-state index is 10.6. The number of hydrogen-bond donors (Lipinski definition) is 1. The molecule has 13 heavy (non-hydrogen) atoms. The van der Waals surface area contributed by atoms with Crippen molar-refractivity contribution in [1.29, 1.82) is 0 Å². The first kappa shape index (κ1) is 8.46. The number of aromatic nitrogens is 1. The Morgan fingerprint density at radius 1 is 1.46 bits per heavy atom. The fourth-order valence-corrected chi connectivity index (χ4v) is 2.52. The van der Waals surface area contributed by atoms with Crippen molar-refractivity contribution < 1.29 is 8.42 Å². The van der Waals surface area contributed by atoms with Crippen LogP contribution < -0.4 is 5.73 Å². The second-order valence-corrected chi connectivity index (χ2v) is 4.68. The Morgan fingerprint density at radius 2 is 2.23 bits per heavy atom. The lowest BCUT2D eigenvalue weighted by molar-refractivity contribution is 0.627. The van der Waals surface area contributed by atoms with Crippen molar-refractivity contribution in [3.63, 3.8) is 0 Å². The number of hydrogen-bond acceptors (Lipinski definition) is 5. The number of fused-ring (bicyclic) bond motifs is 1. The minimum absolute atomic E-state index is 0.385. The van der Waals surface area contributed by atoms with Crippen LogP contribution in [0.4, 0.5) is 5.13 Å². The lowest BCUT2D eigenvalue weighted by Gasteiger charge is -2.01. The lowest BCUT2D eigenvalue weighted by Crippen LogP contribution is -2.04. The maximum Gasteiger partial charge on any atom is 0.217 e. The number of anilines is 1. The smallest absolute Gasteiger partial charge is 0.217 e. The van der Waals surface area contributed by atoms with Gasteiger partial charge in [-0.3, -0.25) is 0 Å². The van der Waals surface area contributed by atoms with E-state index in [9.17, 15) is 8.42 Å². The van der Waals surface area contributed by atoms with Crippen LogP contribution in [0.3, 0.4) is 0 Å². The summed E-state index contributed by atoms with van der Waals surface area (Å²) in [7, 11) is -2.13. The first-order valence-corrected chi connectivity index (χ1v) is 5.44. The van der Waals surface area contributed by atoms with Crippen LogP contribution in [-0.4, -0.2) is 18.3 Å². The molecular formula is C7H6N2O2S2. The van der Waals surface area contributed by atoms with Crippen LogP contribution in [-0.2, 0) is 16.7 Å². The van der Waals surface area contributed by atoms with Gasteiger partial charge in [0.25, 0.3) is 0 Å². The van der Waals surface area contributed by atoms with Gasteiger partial charge in [-0.05, 0) is 12.2 Å². The molecule has 1 aromatic heterocycles. The second kappa shape index (κ2) is 2.97. The Hall–Kier alpha value is -1.14. The van der Waals surface area contributed by atoms with E-state index in [0.29, 0.717) is 16.4 Å². The van der Waals surface area contributed by atoms with Crippen molar-refractivity contribution in [2.24, 2.45) is 0 Å². The van der Waals surface area contributed by atoms with Gasteiger partial charge >= 0.3 is 0 Å².